The van der Waals surface area contributed by atoms with Gasteiger partial charge in [-0.15, -0.1) is 0 Å². The summed E-state index contributed by atoms with van der Waals surface area (Å²) in [6, 6.07) is 4.21. The van der Waals surface area contributed by atoms with Crippen molar-refractivity contribution in [1.82, 2.24) is 5.32 Å². The first-order chi connectivity index (χ1) is 7.66. The Hall–Kier alpha value is -0.800. The Morgan fingerprint density at radius 1 is 1.50 bits per heavy atom. The minimum atomic E-state index is -0.150. The standard InChI is InChI=1S/C13H23NO2/c1-5-13(3,15-4)12(14-6-2)10-11-8-7-9-16-11/h7-9,12,14H,5-6,10H2,1-4H3. The van der Waals surface area contributed by atoms with Gasteiger partial charge in [-0.3, -0.25) is 0 Å². The lowest BCUT2D eigenvalue weighted by Crippen LogP contribution is -2.51. The van der Waals surface area contributed by atoms with Gasteiger partial charge in [0.1, 0.15) is 5.76 Å². The van der Waals surface area contributed by atoms with Gasteiger partial charge in [0.2, 0.25) is 0 Å². The van der Waals surface area contributed by atoms with Gasteiger partial charge in [-0.2, -0.15) is 0 Å². The summed E-state index contributed by atoms with van der Waals surface area (Å²) < 4.78 is 11.0. The summed E-state index contributed by atoms with van der Waals surface area (Å²) >= 11 is 0. The molecule has 3 heteroatoms. The molecule has 2 atom stereocenters. The van der Waals surface area contributed by atoms with Crippen molar-refractivity contribution in [3.63, 3.8) is 0 Å². The zero-order chi connectivity index (χ0) is 12.0. The smallest absolute Gasteiger partial charge is 0.105 e. The Morgan fingerprint density at radius 3 is 2.69 bits per heavy atom. The molecule has 0 aliphatic rings. The van der Waals surface area contributed by atoms with Crippen LogP contribution in [0, 0.1) is 0 Å². The van der Waals surface area contributed by atoms with E-state index in [4.69, 9.17) is 9.15 Å². The molecule has 0 saturated heterocycles. The van der Waals surface area contributed by atoms with Gasteiger partial charge < -0.3 is 14.5 Å². The van der Waals surface area contributed by atoms with E-state index in [0.29, 0.717) is 0 Å². The fourth-order valence-electron chi connectivity index (χ4n) is 1.91. The topological polar surface area (TPSA) is 34.4 Å². The van der Waals surface area contributed by atoms with Crippen LogP contribution in [0.3, 0.4) is 0 Å². The Balaban J connectivity index is 2.73. The molecule has 0 radical (unpaired) electrons. The predicted molar refractivity (Wildman–Crippen MR) is 65.6 cm³/mol. The van der Waals surface area contributed by atoms with Gasteiger partial charge in [0.25, 0.3) is 0 Å². The molecule has 3 nitrogen and oxygen atoms in total. The zero-order valence-electron chi connectivity index (χ0n) is 10.7. The molecule has 0 bridgehead atoms. The number of rotatable bonds is 7. The highest BCUT2D eigenvalue weighted by Crippen LogP contribution is 2.22. The number of likely N-dealkylation sites (N-methyl/N-ethyl adjacent to an activating group) is 1. The lowest BCUT2D eigenvalue weighted by atomic mass is 9.90. The van der Waals surface area contributed by atoms with E-state index in [2.05, 4.69) is 26.1 Å². The molecule has 92 valence electrons. The second-order valence-electron chi connectivity index (χ2n) is 4.26. The Morgan fingerprint density at radius 2 is 2.25 bits per heavy atom. The second kappa shape index (κ2) is 6.06. The van der Waals surface area contributed by atoms with E-state index >= 15 is 0 Å². The lowest BCUT2D eigenvalue weighted by molar-refractivity contribution is -0.0295. The van der Waals surface area contributed by atoms with Gasteiger partial charge in [-0.1, -0.05) is 13.8 Å². The van der Waals surface area contributed by atoms with Gasteiger partial charge >= 0.3 is 0 Å². The Bertz CT molecular complexity index is 278. The Labute approximate surface area is 98.2 Å². The monoisotopic (exact) mass is 225 g/mol. The molecular formula is C13H23NO2. The van der Waals surface area contributed by atoms with Crippen LogP contribution in [-0.4, -0.2) is 25.3 Å². The third-order valence-electron chi connectivity index (χ3n) is 3.34. The first kappa shape index (κ1) is 13.3. The molecule has 1 N–H and O–H groups in total. The van der Waals surface area contributed by atoms with Crippen LogP contribution in [0.2, 0.25) is 0 Å². The van der Waals surface area contributed by atoms with Crippen LogP contribution in [0.15, 0.2) is 22.8 Å². The zero-order valence-corrected chi connectivity index (χ0v) is 10.7. The number of nitrogens with one attached hydrogen (secondary N) is 1. The van der Waals surface area contributed by atoms with E-state index < -0.39 is 0 Å². The molecule has 0 fully saturated rings. The summed E-state index contributed by atoms with van der Waals surface area (Å²) in [5.74, 6) is 1.00. The third-order valence-corrected chi connectivity index (χ3v) is 3.34. The van der Waals surface area contributed by atoms with Crippen molar-refractivity contribution >= 4 is 0 Å². The van der Waals surface area contributed by atoms with Gasteiger partial charge in [-0.05, 0) is 32.0 Å². The van der Waals surface area contributed by atoms with E-state index in [9.17, 15) is 0 Å². The number of furan rings is 1. The number of ether oxygens (including phenoxy) is 1. The number of hydrogen-bond acceptors (Lipinski definition) is 3. The summed E-state index contributed by atoms with van der Waals surface area (Å²) in [5.41, 5.74) is -0.150. The molecule has 0 aliphatic heterocycles. The van der Waals surface area contributed by atoms with Crippen molar-refractivity contribution < 1.29 is 9.15 Å². The summed E-state index contributed by atoms with van der Waals surface area (Å²) in [5, 5.41) is 3.48. The lowest BCUT2D eigenvalue weighted by Gasteiger charge is -2.36. The molecule has 2 unspecified atom stereocenters. The minimum Gasteiger partial charge on any atom is -0.469 e. The predicted octanol–water partition coefficient (Wildman–Crippen LogP) is 2.62. The van der Waals surface area contributed by atoms with Crippen LogP contribution >= 0.6 is 0 Å². The maximum Gasteiger partial charge on any atom is 0.105 e. The molecule has 16 heavy (non-hydrogen) atoms. The maximum absolute atomic E-state index is 5.65. The highest BCUT2D eigenvalue weighted by atomic mass is 16.5. The molecule has 0 aromatic carbocycles. The molecule has 0 aliphatic carbocycles. The van der Waals surface area contributed by atoms with Gasteiger partial charge in [0, 0.05) is 19.6 Å². The fourth-order valence-corrected chi connectivity index (χ4v) is 1.91. The van der Waals surface area contributed by atoms with Gasteiger partial charge in [0.05, 0.1) is 11.9 Å². The summed E-state index contributed by atoms with van der Waals surface area (Å²) in [4.78, 5) is 0. The van der Waals surface area contributed by atoms with E-state index in [1.165, 1.54) is 0 Å². The van der Waals surface area contributed by atoms with Crippen molar-refractivity contribution in [2.24, 2.45) is 0 Å². The molecule has 0 spiro atoms. The maximum atomic E-state index is 5.65. The molecule has 1 rings (SSSR count). The SMILES string of the molecule is CCNC(Cc1ccco1)C(C)(CC)OC. The summed E-state index contributed by atoms with van der Waals surface area (Å²) in [6.45, 7) is 7.34. The van der Waals surface area contributed by atoms with Crippen LogP contribution in [0.4, 0.5) is 0 Å². The molecule has 1 aromatic heterocycles. The van der Waals surface area contributed by atoms with Gasteiger partial charge in [-0.25, -0.2) is 0 Å². The van der Waals surface area contributed by atoms with E-state index in [0.717, 1.165) is 25.1 Å². The summed E-state index contributed by atoms with van der Waals surface area (Å²) in [6.07, 6.45) is 3.55. The first-order valence-electron chi connectivity index (χ1n) is 5.97. The quantitative estimate of drug-likeness (QED) is 0.774. The molecule has 0 saturated carbocycles. The molecular weight excluding hydrogens is 202 g/mol. The first-order valence-corrected chi connectivity index (χ1v) is 5.97. The largest absolute Gasteiger partial charge is 0.469 e. The van der Waals surface area contributed by atoms with Crippen molar-refractivity contribution in [3.05, 3.63) is 24.2 Å². The van der Waals surface area contributed by atoms with Crippen LogP contribution < -0.4 is 5.32 Å². The summed E-state index contributed by atoms with van der Waals surface area (Å²) in [7, 11) is 1.77. The van der Waals surface area contributed by atoms with E-state index in [1.807, 2.05) is 12.1 Å². The van der Waals surface area contributed by atoms with Crippen LogP contribution in [0.1, 0.15) is 33.0 Å². The van der Waals surface area contributed by atoms with Crippen molar-refractivity contribution in [1.29, 1.82) is 0 Å². The van der Waals surface area contributed by atoms with E-state index in [-0.39, 0.29) is 11.6 Å². The van der Waals surface area contributed by atoms with Crippen molar-refractivity contribution in [2.75, 3.05) is 13.7 Å². The average molecular weight is 225 g/mol. The van der Waals surface area contributed by atoms with Crippen molar-refractivity contribution in [2.45, 2.75) is 45.3 Å². The van der Waals surface area contributed by atoms with Gasteiger partial charge in [0.15, 0.2) is 0 Å². The number of hydrogen-bond donors (Lipinski definition) is 1. The molecule has 1 heterocycles. The normalized spacial score (nSPS) is 17.0. The third kappa shape index (κ3) is 3.09. The number of methoxy groups -OCH3 is 1. The Kier molecular flexibility index (Phi) is 5.03. The van der Waals surface area contributed by atoms with Crippen LogP contribution in [0.5, 0.6) is 0 Å². The van der Waals surface area contributed by atoms with Crippen molar-refractivity contribution in [3.8, 4) is 0 Å². The fraction of sp³-hybridized carbons (Fsp3) is 0.692. The highest BCUT2D eigenvalue weighted by Gasteiger charge is 2.32. The van der Waals surface area contributed by atoms with E-state index in [1.54, 1.807) is 13.4 Å². The highest BCUT2D eigenvalue weighted by molar-refractivity contribution is 5.04. The molecule has 0 amide bonds. The van der Waals surface area contributed by atoms with Crippen LogP contribution in [-0.2, 0) is 11.2 Å². The second-order valence-corrected chi connectivity index (χ2v) is 4.26. The molecule has 1 aromatic rings. The van der Waals surface area contributed by atoms with Crippen LogP contribution in [0.25, 0.3) is 0 Å². The average Bonchev–Trinajstić information content (AvgIpc) is 2.80. The minimum absolute atomic E-state index is 0.150.